The number of carbonyl (C=O) groups excluding carboxylic acids is 1. The van der Waals surface area contributed by atoms with Crippen molar-refractivity contribution in [3.8, 4) is 22.8 Å². The van der Waals surface area contributed by atoms with Gasteiger partial charge in [-0.1, -0.05) is 18.2 Å². The third-order valence-corrected chi connectivity index (χ3v) is 4.88. The van der Waals surface area contributed by atoms with Crippen LogP contribution in [0, 0.1) is 5.82 Å². The van der Waals surface area contributed by atoms with Crippen molar-refractivity contribution in [1.82, 2.24) is 4.98 Å². The number of ether oxygens (including phenoxy) is 2. The number of aromatic amines is 1. The quantitative estimate of drug-likeness (QED) is 0.466. The molecule has 0 spiro atoms. The zero-order chi connectivity index (χ0) is 21.1. The number of carbonyl (C=O) groups is 1. The van der Waals surface area contributed by atoms with Crippen molar-refractivity contribution in [2.24, 2.45) is 0 Å². The van der Waals surface area contributed by atoms with Crippen LogP contribution in [0.25, 0.3) is 22.2 Å². The average Bonchev–Trinajstić information content (AvgIpc) is 3.17. The molecule has 1 heterocycles. The summed E-state index contributed by atoms with van der Waals surface area (Å²) in [6.07, 6.45) is 0.218. The monoisotopic (exact) mass is 404 g/mol. The lowest BCUT2D eigenvalue weighted by Crippen LogP contribution is -2.14. The molecule has 3 aromatic carbocycles. The van der Waals surface area contributed by atoms with Crippen molar-refractivity contribution in [2.45, 2.75) is 6.42 Å². The summed E-state index contributed by atoms with van der Waals surface area (Å²) in [6, 6.07) is 19.5. The normalized spacial score (nSPS) is 10.8. The summed E-state index contributed by atoms with van der Waals surface area (Å²) in [5.41, 5.74) is 4.24. The molecule has 0 aliphatic rings. The molecule has 4 aromatic rings. The summed E-state index contributed by atoms with van der Waals surface area (Å²) in [4.78, 5) is 15.7. The Kier molecular flexibility index (Phi) is 5.39. The lowest BCUT2D eigenvalue weighted by molar-refractivity contribution is -0.115. The lowest BCUT2D eigenvalue weighted by atomic mass is 10.1. The van der Waals surface area contributed by atoms with Crippen molar-refractivity contribution >= 4 is 22.5 Å². The van der Waals surface area contributed by atoms with Gasteiger partial charge in [0.2, 0.25) is 5.91 Å². The van der Waals surface area contributed by atoms with Gasteiger partial charge < -0.3 is 19.8 Å². The number of H-pyrrole nitrogens is 1. The molecule has 1 aromatic heterocycles. The number of hydrogen-bond acceptors (Lipinski definition) is 3. The highest BCUT2D eigenvalue weighted by Gasteiger charge is 2.10. The highest BCUT2D eigenvalue weighted by Crippen LogP contribution is 2.28. The highest BCUT2D eigenvalue weighted by molar-refractivity contribution is 5.93. The maximum absolute atomic E-state index is 13.4. The minimum atomic E-state index is -0.263. The maximum Gasteiger partial charge on any atom is 0.228 e. The highest BCUT2D eigenvalue weighted by atomic mass is 19.1. The molecule has 152 valence electrons. The maximum atomic E-state index is 13.4. The second-order valence-electron chi connectivity index (χ2n) is 6.91. The van der Waals surface area contributed by atoms with Gasteiger partial charge in [-0.2, -0.15) is 0 Å². The van der Waals surface area contributed by atoms with E-state index in [4.69, 9.17) is 9.47 Å². The van der Waals surface area contributed by atoms with Crippen molar-refractivity contribution in [2.75, 3.05) is 19.5 Å². The lowest BCUT2D eigenvalue weighted by Gasteiger charge is -2.10. The summed E-state index contributed by atoms with van der Waals surface area (Å²) >= 11 is 0. The predicted octanol–water partition coefficient (Wildman–Crippen LogP) is 5.17. The Balaban J connectivity index is 1.44. The zero-order valence-corrected chi connectivity index (χ0v) is 16.7. The Morgan fingerprint density at radius 1 is 0.933 bits per heavy atom. The smallest absolute Gasteiger partial charge is 0.228 e. The van der Waals surface area contributed by atoms with Crippen LogP contribution in [0.3, 0.4) is 0 Å². The molecular formula is C24H21FN2O3. The van der Waals surface area contributed by atoms with Gasteiger partial charge in [-0.05, 0) is 59.7 Å². The second-order valence-corrected chi connectivity index (χ2v) is 6.91. The Bertz CT molecular complexity index is 1200. The standard InChI is InChI=1S/C24H21FN2O3/c1-29-22-10-3-15(11-23(22)30-2)12-24(28)26-19-7-4-16(5-8-19)21-14-17-13-18(25)6-9-20(17)27-21/h3-11,13-14,27H,12H2,1-2H3,(H,26,28). The molecule has 0 unspecified atom stereocenters. The van der Waals surface area contributed by atoms with Gasteiger partial charge in [0, 0.05) is 22.3 Å². The van der Waals surface area contributed by atoms with Crippen LogP contribution < -0.4 is 14.8 Å². The second kappa shape index (κ2) is 8.29. The van der Waals surface area contributed by atoms with Crippen LogP contribution >= 0.6 is 0 Å². The average molecular weight is 404 g/mol. The number of fused-ring (bicyclic) bond motifs is 1. The van der Waals surface area contributed by atoms with E-state index in [2.05, 4.69) is 10.3 Å². The van der Waals surface area contributed by atoms with Crippen LogP contribution in [0.4, 0.5) is 10.1 Å². The molecule has 6 heteroatoms. The number of hydrogen-bond donors (Lipinski definition) is 2. The molecule has 0 atom stereocenters. The molecule has 4 rings (SSSR count). The van der Waals surface area contributed by atoms with E-state index in [0.717, 1.165) is 27.7 Å². The fourth-order valence-corrected chi connectivity index (χ4v) is 3.37. The fraction of sp³-hybridized carbons (Fsp3) is 0.125. The molecule has 2 N–H and O–H groups in total. The van der Waals surface area contributed by atoms with Crippen LogP contribution in [0.2, 0.25) is 0 Å². The Hall–Kier alpha value is -3.80. The number of aromatic nitrogens is 1. The third-order valence-electron chi connectivity index (χ3n) is 4.88. The minimum Gasteiger partial charge on any atom is -0.493 e. The molecule has 0 fully saturated rings. The molecule has 0 saturated carbocycles. The first-order chi connectivity index (χ1) is 14.6. The molecule has 1 amide bonds. The van der Waals surface area contributed by atoms with E-state index in [0.29, 0.717) is 17.2 Å². The topological polar surface area (TPSA) is 63.3 Å². The van der Waals surface area contributed by atoms with E-state index in [1.807, 2.05) is 36.4 Å². The molecule has 0 saturated heterocycles. The number of rotatable bonds is 6. The van der Waals surface area contributed by atoms with E-state index < -0.39 is 0 Å². The van der Waals surface area contributed by atoms with Crippen LogP contribution in [-0.2, 0) is 11.2 Å². The Labute approximate surface area is 173 Å². The zero-order valence-electron chi connectivity index (χ0n) is 16.7. The van der Waals surface area contributed by atoms with Crippen molar-refractivity contribution in [3.05, 3.63) is 78.1 Å². The number of benzene rings is 3. The summed E-state index contributed by atoms with van der Waals surface area (Å²) in [5, 5.41) is 3.72. The van der Waals surface area contributed by atoms with E-state index in [-0.39, 0.29) is 18.1 Å². The summed E-state index contributed by atoms with van der Waals surface area (Å²) in [5.74, 6) is 0.818. The SMILES string of the molecule is COc1ccc(CC(=O)Nc2ccc(-c3cc4cc(F)ccc4[nH]3)cc2)cc1OC. The predicted molar refractivity (Wildman–Crippen MR) is 116 cm³/mol. The molecule has 30 heavy (non-hydrogen) atoms. The summed E-state index contributed by atoms with van der Waals surface area (Å²) in [7, 11) is 3.13. The molecule has 5 nitrogen and oxygen atoms in total. The Morgan fingerprint density at radius 3 is 2.43 bits per heavy atom. The van der Waals surface area contributed by atoms with Crippen LogP contribution in [0.1, 0.15) is 5.56 Å². The van der Waals surface area contributed by atoms with Crippen LogP contribution in [-0.4, -0.2) is 25.1 Å². The van der Waals surface area contributed by atoms with Gasteiger partial charge in [0.1, 0.15) is 5.82 Å². The van der Waals surface area contributed by atoms with E-state index >= 15 is 0 Å². The molecule has 0 aliphatic carbocycles. The molecule has 0 radical (unpaired) electrons. The molecule has 0 bridgehead atoms. The van der Waals surface area contributed by atoms with Gasteiger partial charge in [-0.15, -0.1) is 0 Å². The first-order valence-electron chi connectivity index (χ1n) is 9.45. The Morgan fingerprint density at radius 2 is 1.70 bits per heavy atom. The number of halogens is 1. The number of anilines is 1. The largest absolute Gasteiger partial charge is 0.493 e. The fourth-order valence-electron chi connectivity index (χ4n) is 3.37. The van der Waals surface area contributed by atoms with E-state index in [1.165, 1.54) is 12.1 Å². The number of methoxy groups -OCH3 is 2. The van der Waals surface area contributed by atoms with Gasteiger partial charge in [0.05, 0.1) is 20.6 Å². The van der Waals surface area contributed by atoms with E-state index in [9.17, 15) is 9.18 Å². The summed E-state index contributed by atoms with van der Waals surface area (Å²) < 4.78 is 23.9. The van der Waals surface area contributed by atoms with Gasteiger partial charge in [0.15, 0.2) is 11.5 Å². The first-order valence-corrected chi connectivity index (χ1v) is 9.45. The van der Waals surface area contributed by atoms with Crippen molar-refractivity contribution in [3.63, 3.8) is 0 Å². The summed E-state index contributed by atoms with van der Waals surface area (Å²) in [6.45, 7) is 0. The van der Waals surface area contributed by atoms with Gasteiger partial charge in [-0.25, -0.2) is 4.39 Å². The minimum absolute atomic E-state index is 0.129. The number of nitrogens with one attached hydrogen (secondary N) is 2. The van der Waals surface area contributed by atoms with E-state index in [1.54, 1.807) is 32.4 Å². The van der Waals surface area contributed by atoms with Gasteiger partial charge >= 0.3 is 0 Å². The van der Waals surface area contributed by atoms with Gasteiger partial charge in [0.25, 0.3) is 0 Å². The van der Waals surface area contributed by atoms with Crippen LogP contribution in [0.15, 0.2) is 66.7 Å². The van der Waals surface area contributed by atoms with Crippen molar-refractivity contribution in [1.29, 1.82) is 0 Å². The third kappa shape index (κ3) is 4.12. The van der Waals surface area contributed by atoms with Crippen molar-refractivity contribution < 1.29 is 18.7 Å². The number of amides is 1. The first kappa shape index (κ1) is 19.5. The van der Waals surface area contributed by atoms with Gasteiger partial charge in [-0.3, -0.25) is 4.79 Å². The molecule has 0 aliphatic heterocycles. The molecular weight excluding hydrogens is 383 g/mol. The van der Waals surface area contributed by atoms with Crippen LogP contribution in [0.5, 0.6) is 11.5 Å².